The third-order valence-corrected chi connectivity index (χ3v) is 2.20. The molecule has 1 N–H and O–H groups in total. The van der Waals surface area contributed by atoms with Gasteiger partial charge in [-0.05, 0) is 17.0 Å². The first-order valence-electron chi connectivity index (χ1n) is 4.64. The summed E-state index contributed by atoms with van der Waals surface area (Å²) in [6.07, 6.45) is -0.599. The van der Waals surface area contributed by atoms with Crippen LogP contribution in [-0.2, 0) is 0 Å². The highest BCUT2D eigenvalue weighted by atomic mass is 16.3. The van der Waals surface area contributed by atoms with Crippen LogP contribution in [0, 0.1) is 16.7 Å². The van der Waals surface area contributed by atoms with Crippen LogP contribution in [0.1, 0.15) is 38.0 Å². The number of hydrogen-bond acceptors (Lipinski definition) is 2. The van der Waals surface area contributed by atoms with Gasteiger partial charge in [-0.15, -0.1) is 0 Å². The molecular weight excluding hydrogens is 174 g/mol. The largest absolute Gasteiger partial charge is 0.388 e. The van der Waals surface area contributed by atoms with Gasteiger partial charge in [-0.3, -0.25) is 0 Å². The van der Waals surface area contributed by atoms with Crippen molar-refractivity contribution in [2.45, 2.75) is 26.9 Å². The molecule has 0 aromatic heterocycles. The zero-order valence-electron chi connectivity index (χ0n) is 8.78. The van der Waals surface area contributed by atoms with Gasteiger partial charge in [0.25, 0.3) is 0 Å². The van der Waals surface area contributed by atoms with E-state index < -0.39 is 6.10 Å². The first-order chi connectivity index (χ1) is 6.46. The second-order valence-corrected chi connectivity index (χ2v) is 4.47. The van der Waals surface area contributed by atoms with Gasteiger partial charge in [0.1, 0.15) is 0 Å². The van der Waals surface area contributed by atoms with Gasteiger partial charge in [-0.2, -0.15) is 5.26 Å². The first-order valence-corrected chi connectivity index (χ1v) is 4.64. The normalized spacial score (nSPS) is 13.4. The van der Waals surface area contributed by atoms with Crippen molar-refractivity contribution >= 4 is 0 Å². The molecule has 1 rings (SSSR count). The molecule has 0 aliphatic rings. The zero-order valence-corrected chi connectivity index (χ0v) is 8.78. The van der Waals surface area contributed by atoms with Crippen molar-refractivity contribution in [3.8, 4) is 6.07 Å². The maximum atomic E-state index is 10.0. The molecule has 2 nitrogen and oxygen atoms in total. The summed E-state index contributed by atoms with van der Waals surface area (Å²) in [5.74, 6) is 0. The van der Waals surface area contributed by atoms with Gasteiger partial charge < -0.3 is 5.11 Å². The molecule has 2 heteroatoms. The number of rotatable bonds is 1. The van der Waals surface area contributed by atoms with Gasteiger partial charge in [0.15, 0.2) is 0 Å². The fraction of sp³-hybridized carbons (Fsp3) is 0.417. The lowest BCUT2D eigenvalue weighted by molar-refractivity contribution is 0.0624. The predicted molar refractivity (Wildman–Crippen MR) is 55.6 cm³/mol. The van der Waals surface area contributed by atoms with E-state index in [1.165, 1.54) is 0 Å². The minimum absolute atomic E-state index is 0.243. The van der Waals surface area contributed by atoms with Crippen molar-refractivity contribution in [3.63, 3.8) is 0 Å². The van der Waals surface area contributed by atoms with E-state index in [1.54, 1.807) is 18.2 Å². The molecule has 0 aliphatic heterocycles. The van der Waals surface area contributed by atoms with E-state index in [4.69, 9.17) is 5.26 Å². The van der Waals surface area contributed by atoms with Gasteiger partial charge in [-0.25, -0.2) is 0 Å². The average molecular weight is 189 g/mol. The van der Waals surface area contributed by atoms with Crippen LogP contribution in [0.2, 0.25) is 0 Å². The van der Waals surface area contributed by atoms with E-state index in [0.717, 1.165) is 0 Å². The SMILES string of the molecule is CC(C)(C)C(O)c1ccccc1C#N. The van der Waals surface area contributed by atoms with Crippen molar-refractivity contribution < 1.29 is 5.11 Å². The Morgan fingerprint density at radius 3 is 2.36 bits per heavy atom. The molecule has 0 saturated carbocycles. The minimum Gasteiger partial charge on any atom is -0.388 e. The number of nitriles is 1. The monoisotopic (exact) mass is 189 g/mol. The highest BCUT2D eigenvalue weighted by Gasteiger charge is 2.25. The van der Waals surface area contributed by atoms with Crippen LogP contribution < -0.4 is 0 Å². The van der Waals surface area contributed by atoms with Gasteiger partial charge in [0.05, 0.1) is 17.7 Å². The first kappa shape index (κ1) is 10.7. The Hall–Kier alpha value is -1.33. The molecule has 0 radical (unpaired) electrons. The lowest BCUT2D eigenvalue weighted by atomic mass is 9.83. The maximum Gasteiger partial charge on any atom is 0.0995 e. The van der Waals surface area contributed by atoms with Gasteiger partial charge in [-0.1, -0.05) is 39.0 Å². The summed E-state index contributed by atoms with van der Waals surface area (Å²) in [5, 5.41) is 18.9. The van der Waals surface area contributed by atoms with E-state index in [1.807, 2.05) is 26.8 Å². The Kier molecular flexibility index (Phi) is 2.93. The molecule has 0 spiro atoms. The van der Waals surface area contributed by atoms with Crippen LogP contribution in [0.4, 0.5) is 0 Å². The smallest absolute Gasteiger partial charge is 0.0995 e. The molecule has 1 atom stereocenters. The number of aliphatic hydroxyl groups excluding tert-OH is 1. The summed E-state index contributed by atoms with van der Waals surface area (Å²) in [4.78, 5) is 0. The summed E-state index contributed by atoms with van der Waals surface area (Å²) in [6.45, 7) is 5.85. The molecule has 14 heavy (non-hydrogen) atoms. The molecule has 0 saturated heterocycles. The number of hydrogen-bond donors (Lipinski definition) is 1. The number of benzene rings is 1. The topological polar surface area (TPSA) is 44.0 Å². The Morgan fingerprint density at radius 1 is 1.29 bits per heavy atom. The van der Waals surface area contributed by atoms with Gasteiger partial charge in [0, 0.05) is 0 Å². The lowest BCUT2D eigenvalue weighted by Crippen LogP contribution is -2.18. The van der Waals surface area contributed by atoms with Crippen LogP contribution in [0.15, 0.2) is 24.3 Å². The van der Waals surface area contributed by atoms with E-state index in [2.05, 4.69) is 6.07 Å². The van der Waals surface area contributed by atoms with Crippen molar-refractivity contribution in [1.29, 1.82) is 5.26 Å². The molecule has 1 aromatic rings. The third-order valence-electron chi connectivity index (χ3n) is 2.20. The lowest BCUT2D eigenvalue weighted by Gasteiger charge is -2.26. The van der Waals surface area contributed by atoms with Crippen LogP contribution in [-0.4, -0.2) is 5.11 Å². The molecule has 0 heterocycles. The van der Waals surface area contributed by atoms with E-state index in [9.17, 15) is 5.11 Å². The summed E-state index contributed by atoms with van der Waals surface area (Å²) < 4.78 is 0. The second kappa shape index (κ2) is 3.81. The Labute approximate surface area is 84.8 Å². The summed E-state index contributed by atoms with van der Waals surface area (Å²) in [6, 6.07) is 9.26. The van der Waals surface area contributed by atoms with E-state index >= 15 is 0 Å². The fourth-order valence-electron chi connectivity index (χ4n) is 1.30. The molecular formula is C12H15NO. The van der Waals surface area contributed by atoms with Crippen LogP contribution in [0.5, 0.6) is 0 Å². The molecule has 1 aromatic carbocycles. The molecule has 1 unspecified atom stereocenters. The summed E-state index contributed by atoms with van der Waals surface area (Å²) in [5.41, 5.74) is 1.02. The van der Waals surface area contributed by atoms with E-state index in [-0.39, 0.29) is 5.41 Å². The quantitative estimate of drug-likeness (QED) is 0.738. The van der Waals surface area contributed by atoms with Gasteiger partial charge >= 0.3 is 0 Å². The molecule has 0 aliphatic carbocycles. The highest BCUT2D eigenvalue weighted by molar-refractivity contribution is 5.39. The Morgan fingerprint density at radius 2 is 1.86 bits per heavy atom. The fourth-order valence-corrected chi connectivity index (χ4v) is 1.30. The Balaban J connectivity index is 3.14. The van der Waals surface area contributed by atoms with Crippen molar-refractivity contribution in [3.05, 3.63) is 35.4 Å². The third kappa shape index (κ3) is 2.12. The van der Waals surface area contributed by atoms with Crippen molar-refractivity contribution in [2.75, 3.05) is 0 Å². The van der Waals surface area contributed by atoms with Crippen LogP contribution in [0.3, 0.4) is 0 Å². The van der Waals surface area contributed by atoms with Crippen molar-refractivity contribution in [2.24, 2.45) is 5.41 Å². The second-order valence-electron chi connectivity index (χ2n) is 4.47. The maximum absolute atomic E-state index is 10.0. The summed E-state index contributed by atoms with van der Waals surface area (Å²) >= 11 is 0. The number of nitrogens with zero attached hydrogens (tertiary/aromatic N) is 1. The van der Waals surface area contributed by atoms with Crippen LogP contribution >= 0.6 is 0 Å². The highest BCUT2D eigenvalue weighted by Crippen LogP contribution is 2.33. The van der Waals surface area contributed by atoms with E-state index in [0.29, 0.717) is 11.1 Å². The predicted octanol–water partition coefficient (Wildman–Crippen LogP) is 2.64. The summed E-state index contributed by atoms with van der Waals surface area (Å²) in [7, 11) is 0. The minimum atomic E-state index is -0.599. The molecule has 74 valence electrons. The van der Waals surface area contributed by atoms with Gasteiger partial charge in [0.2, 0.25) is 0 Å². The standard InChI is InChI=1S/C12H15NO/c1-12(2,3)11(14)10-7-5-4-6-9(10)8-13/h4-7,11,14H,1-3H3. The molecule has 0 bridgehead atoms. The molecule has 0 amide bonds. The Bertz CT molecular complexity index is 357. The zero-order chi connectivity index (χ0) is 10.8. The average Bonchev–Trinajstić information content (AvgIpc) is 2.15. The van der Waals surface area contributed by atoms with Crippen LogP contribution in [0.25, 0.3) is 0 Å². The molecule has 0 fully saturated rings. The van der Waals surface area contributed by atoms with Crippen molar-refractivity contribution in [1.82, 2.24) is 0 Å². The number of aliphatic hydroxyl groups is 1.